The van der Waals surface area contributed by atoms with Crippen molar-refractivity contribution >= 4 is 35.2 Å². The van der Waals surface area contributed by atoms with Gasteiger partial charge in [0.1, 0.15) is 11.8 Å². The highest BCUT2D eigenvalue weighted by molar-refractivity contribution is 7.99. The predicted octanol–water partition coefficient (Wildman–Crippen LogP) is 4.53. The molecule has 0 unspecified atom stereocenters. The van der Waals surface area contributed by atoms with Crippen LogP contribution in [-0.4, -0.2) is 42.2 Å². The fourth-order valence-corrected chi connectivity index (χ4v) is 4.15. The zero-order valence-corrected chi connectivity index (χ0v) is 19.3. The van der Waals surface area contributed by atoms with Crippen LogP contribution in [0.2, 0.25) is 5.02 Å². The molecule has 0 saturated carbocycles. The second kappa shape index (κ2) is 12.5. The van der Waals surface area contributed by atoms with Crippen LogP contribution in [0.4, 0.5) is 0 Å². The van der Waals surface area contributed by atoms with Crippen LogP contribution in [0.15, 0.2) is 48.5 Å². The van der Waals surface area contributed by atoms with Gasteiger partial charge in [-0.3, -0.25) is 9.59 Å². The number of nitrogens with one attached hydrogen (secondary N) is 1. The maximum absolute atomic E-state index is 13.1. The van der Waals surface area contributed by atoms with Crippen molar-refractivity contribution in [1.29, 1.82) is 0 Å². The molecule has 2 aromatic rings. The van der Waals surface area contributed by atoms with Gasteiger partial charge in [-0.1, -0.05) is 48.9 Å². The topological polar surface area (TPSA) is 58.6 Å². The van der Waals surface area contributed by atoms with Gasteiger partial charge in [0, 0.05) is 23.9 Å². The Bertz CT molecular complexity index is 829. The number of halogens is 1. The van der Waals surface area contributed by atoms with Crippen LogP contribution in [-0.2, 0) is 21.9 Å². The summed E-state index contributed by atoms with van der Waals surface area (Å²) in [5, 5.41) is 3.43. The number of thioether (sulfide) groups is 1. The Kier molecular flexibility index (Phi) is 10.0. The monoisotopic (exact) mass is 448 g/mol. The van der Waals surface area contributed by atoms with Crippen molar-refractivity contribution in [3.8, 4) is 5.75 Å². The van der Waals surface area contributed by atoms with E-state index in [4.69, 9.17) is 16.3 Å². The number of nitrogens with zero attached hydrogens (tertiary/aromatic N) is 1. The van der Waals surface area contributed by atoms with Crippen molar-refractivity contribution in [2.45, 2.75) is 38.6 Å². The molecular weight excluding hydrogens is 420 g/mol. The summed E-state index contributed by atoms with van der Waals surface area (Å²) >= 11 is 7.84. The summed E-state index contributed by atoms with van der Waals surface area (Å²) in [4.78, 5) is 27.4. The average Bonchev–Trinajstić information content (AvgIpc) is 2.75. The number of rotatable bonds is 11. The van der Waals surface area contributed by atoms with Gasteiger partial charge in [0.2, 0.25) is 11.8 Å². The maximum Gasteiger partial charge on any atom is 0.242 e. The Hall–Kier alpha value is -2.18. The normalized spacial score (nSPS) is 11.6. The lowest BCUT2D eigenvalue weighted by Crippen LogP contribution is -2.49. The Morgan fingerprint density at radius 3 is 2.43 bits per heavy atom. The number of ether oxygens (including phenoxy) is 1. The highest BCUT2D eigenvalue weighted by Crippen LogP contribution is 2.22. The molecule has 0 bridgehead atoms. The Morgan fingerprint density at radius 1 is 1.13 bits per heavy atom. The van der Waals surface area contributed by atoms with Crippen molar-refractivity contribution in [2.24, 2.45) is 0 Å². The molecule has 162 valence electrons. The van der Waals surface area contributed by atoms with Crippen LogP contribution < -0.4 is 10.1 Å². The second-order valence-corrected chi connectivity index (χ2v) is 8.17. The van der Waals surface area contributed by atoms with Crippen molar-refractivity contribution in [3.63, 3.8) is 0 Å². The molecule has 7 heteroatoms. The van der Waals surface area contributed by atoms with Gasteiger partial charge in [0.15, 0.2) is 0 Å². The number of hydrogen-bond acceptors (Lipinski definition) is 4. The summed E-state index contributed by atoms with van der Waals surface area (Å²) in [6.45, 7) is 4.61. The molecule has 2 amide bonds. The van der Waals surface area contributed by atoms with E-state index >= 15 is 0 Å². The molecule has 1 atom stereocenters. The third-order valence-electron chi connectivity index (χ3n) is 4.69. The van der Waals surface area contributed by atoms with Gasteiger partial charge in [0.05, 0.1) is 12.9 Å². The van der Waals surface area contributed by atoms with E-state index in [-0.39, 0.29) is 17.6 Å². The molecule has 0 spiro atoms. The lowest BCUT2D eigenvalue weighted by Gasteiger charge is -2.30. The van der Waals surface area contributed by atoms with E-state index < -0.39 is 6.04 Å². The predicted molar refractivity (Wildman–Crippen MR) is 124 cm³/mol. The number of amides is 2. The van der Waals surface area contributed by atoms with Crippen LogP contribution in [0.1, 0.15) is 31.4 Å². The molecular formula is C23H29ClN2O3S. The van der Waals surface area contributed by atoms with E-state index in [0.29, 0.717) is 30.3 Å². The molecule has 2 aromatic carbocycles. The fourth-order valence-electron chi connectivity index (χ4n) is 3.08. The maximum atomic E-state index is 13.1. The van der Waals surface area contributed by atoms with Gasteiger partial charge in [-0.25, -0.2) is 0 Å². The first-order chi connectivity index (χ1) is 14.5. The largest absolute Gasteiger partial charge is 0.497 e. The molecule has 30 heavy (non-hydrogen) atoms. The molecule has 0 saturated heterocycles. The minimum Gasteiger partial charge on any atom is -0.497 e. The third-order valence-corrected chi connectivity index (χ3v) is 6.05. The van der Waals surface area contributed by atoms with Gasteiger partial charge >= 0.3 is 0 Å². The summed E-state index contributed by atoms with van der Waals surface area (Å²) < 4.78 is 5.17. The number of likely N-dealkylation sites (N-methyl/N-ethyl adjacent to an activating group) is 1. The number of hydrogen-bond donors (Lipinski definition) is 1. The summed E-state index contributed by atoms with van der Waals surface area (Å²) in [6, 6.07) is 14.7. The van der Waals surface area contributed by atoms with Crippen molar-refractivity contribution in [2.75, 3.05) is 19.4 Å². The molecule has 0 aliphatic carbocycles. The average molecular weight is 449 g/mol. The van der Waals surface area contributed by atoms with Gasteiger partial charge in [0.25, 0.3) is 0 Å². The molecule has 0 aliphatic heterocycles. The van der Waals surface area contributed by atoms with Crippen molar-refractivity contribution < 1.29 is 14.3 Å². The van der Waals surface area contributed by atoms with Gasteiger partial charge in [-0.05, 0) is 42.7 Å². The third kappa shape index (κ3) is 6.96. The molecule has 0 radical (unpaired) electrons. The highest BCUT2D eigenvalue weighted by atomic mass is 35.5. The lowest BCUT2D eigenvalue weighted by atomic mass is 10.1. The first-order valence-corrected chi connectivity index (χ1v) is 11.5. The molecule has 5 nitrogen and oxygen atoms in total. The summed E-state index contributed by atoms with van der Waals surface area (Å²) in [5.41, 5.74) is 1.94. The standard InChI is InChI=1S/C23H29ClN2O3S/c1-4-21(23(28)25-5-2)26(14-18-8-6-7-9-20(18)24)22(27)16-30-15-17-10-12-19(29-3)13-11-17/h6-13,21H,4-5,14-16H2,1-3H3,(H,25,28)/t21-/m1/s1. The Balaban J connectivity index is 2.10. The smallest absolute Gasteiger partial charge is 0.242 e. The zero-order chi connectivity index (χ0) is 21.9. The molecule has 0 heterocycles. The number of carbonyl (C=O) groups excluding carboxylic acids is 2. The van der Waals surface area contributed by atoms with Crippen LogP contribution in [0.25, 0.3) is 0 Å². The highest BCUT2D eigenvalue weighted by Gasteiger charge is 2.28. The second-order valence-electron chi connectivity index (χ2n) is 6.77. The zero-order valence-electron chi connectivity index (χ0n) is 17.7. The molecule has 1 N–H and O–H groups in total. The van der Waals surface area contributed by atoms with E-state index in [9.17, 15) is 9.59 Å². The molecule has 0 aliphatic rings. The minimum atomic E-state index is -0.532. The SMILES string of the molecule is CCNC(=O)[C@@H](CC)N(Cc1ccccc1Cl)C(=O)CSCc1ccc(OC)cc1. The van der Waals surface area contributed by atoms with E-state index in [2.05, 4.69) is 5.32 Å². The minimum absolute atomic E-state index is 0.0773. The van der Waals surface area contributed by atoms with Crippen LogP contribution >= 0.6 is 23.4 Å². The first-order valence-electron chi connectivity index (χ1n) is 10.0. The van der Waals surface area contributed by atoms with Crippen LogP contribution in [0.3, 0.4) is 0 Å². The first kappa shape index (κ1) is 24.1. The van der Waals surface area contributed by atoms with E-state index in [1.165, 1.54) is 11.8 Å². The van der Waals surface area contributed by atoms with E-state index in [1.807, 2.05) is 56.3 Å². The number of benzene rings is 2. The van der Waals surface area contributed by atoms with Crippen LogP contribution in [0, 0.1) is 0 Å². The van der Waals surface area contributed by atoms with Gasteiger partial charge in [-0.2, -0.15) is 0 Å². The van der Waals surface area contributed by atoms with E-state index in [1.54, 1.807) is 18.1 Å². The Labute approximate surface area is 188 Å². The van der Waals surface area contributed by atoms with E-state index in [0.717, 1.165) is 16.9 Å². The summed E-state index contributed by atoms with van der Waals surface area (Å²) in [7, 11) is 1.63. The van der Waals surface area contributed by atoms with Gasteiger partial charge < -0.3 is 15.0 Å². The van der Waals surface area contributed by atoms with Crippen molar-refractivity contribution in [1.82, 2.24) is 10.2 Å². The van der Waals surface area contributed by atoms with Crippen LogP contribution in [0.5, 0.6) is 5.75 Å². The molecule has 0 fully saturated rings. The summed E-state index contributed by atoms with van der Waals surface area (Å²) in [6.07, 6.45) is 0.533. The lowest BCUT2D eigenvalue weighted by molar-refractivity contribution is -0.139. The Morgan fingerprint density at radius 2 is 1.83 bits per heavy atom. The summed E-state index contributed by atoms with van der Waals surface area (Å²) in [5.74, 6) is 1.57. The quantitative estimate of drug-likeness (QED) is 0.548. The number of carbonyl (C=O) groups is 2. The van der Waals surface area contributed by atoms with Gasteiger partial charge in [-0.15, -0.1) is 11.8 Å². The molecule has 2 rings (SSSR count). The molecule has 0 aromatic heterocycles. The van der Waals surface area contributed by atoms with Crippen molar-refractivity contribution in [3.05, 3.63) is 64.7 Å². The fraction of sp³-hybridized carbons (Fsp3) is 0.391. The number of methoxy groups -OCH3 is 1.